The van der Waals surface area contributed by atoms with Gasteiger partial charge in [-0.1, -0.05) is 19.4 Å². The third kappa shape index (κ3) is 3.97. The van der Waals surface area contributed by atoms with Crippen LogP contribution in [0.1, 0.15) is 58.8 Å². The highest BCUT2D eigenvalue weighted by atomic mass is 16.5. The van der Waals surface area contributed by atoms with Crippen LogP contribution in [0.15, 0.2) is 11.6 Å². The molecule has 4 heteroatoms. The van der Waals surface area contributed by atoms with Gasteiger partial charge in [-0.15, -0.1) is 0 Å². The van der Waals surface area contributed by atoms with Gasteiger partial charge in [-0.25, -0.2) is 0 Å². The van der Waals surface area contributed by atoms with Crippen LogP contribution in [-0.4, -0.2) is 47.8 Å². The molecule has 0 aromatic rings. The molecule has 1 N–H and O–H groups in total. The van der Waals surface area contributed by atoms with Gasteiger partial charge in [0.1, 0.15) is 0 Å². The summed E-state index contributed by atoms with van der Waals surface area (Å²) < 4.78 is 5.55. The number of nitrogens with zero attached hydrogens (tertiary/aromatic N) is 1. The van der Waals surface area contributed by atoms with Gasteiger partial charge in [-0.05, 0) is 50.4 Å². The van der Waals surface area contributed by atoms with E-state index in [2.05, 4.69) is 13.8 Å². The van der Waals surface area contributed by atoms with E-state index in [1.54, 1.807) is 0 Å². The minimum atomic E-state index is -0.328. The number of aliphatic hydroxyl groups is 1. The molecule has 0 aromatic carbocycles. The minimum Gasteiger partial charge on any atom is -0.393 e. The van der Waals surface area contributed by atoms with E-state index >= 15 is 0 Å². The predicted octanol–water partition coefficient (Wildman–Crippen LogP) is 2.90. The highest BCUT2D eigenvalue weighted by molar-refractivity contribution is 5.88. The van der Waals surface area contributed by atoms with Crippen molar-refractivity contribution in [3.63, 3.8) is 0 Å². The van der Waals surface area contributed by atoms with Crippen LogP contribution in [0.4, 0.5) is 0 Å². The molecular formula is C19H31NO3. The maximum Gasteiger partial charge on any atom is 0.246 e. The Morgan fingerprint density at radius 2 is 2.04 bits per heavy atom. The van der Waals surface area contributed by atoms with Crippen molar-refractivity contribution in [3.05, 3.63) is 11.6 Å². The van der Waals surface area contributed by atoms with Crippen molar-refractivity contribution in [3.8, 4) is 0 Å². The van der Waals surface area contributed by atoms with Gasteiger partial charge < -0.3 is 14.7 Å². The van der Waals surface area contributed by atoms with Gasteiger partial charge >= 0.3 is 0 Å². The van der Waals surface area contributed by atoms with E-state index in [0.29, 0.717) is 25.0 Å². The number of rotatable bonds is 2. The smallest absolute Gasteiger partial charge is 0.246 e. The number of allylic oxidation sites excluding steroid dienone is 1. The molecule has 0 spiro atoms. The Morgan fingerprint density at radius 3 is 2.74 bits per heavy atom. The van der Waals surface area contributed by atoms with Gasteiger partial charge in [-0.3, -0.25) is 4.79 Å². The summed E-state index contributed by atoms with van der Waals surface area (Å²) >= 11 is 0. The first kappa shape index (κ1) is 17.0. The maximum absolute atomic E-state index is 12.8. The Morgan fingerprint density at radius 1 is 1.30 bits per heavy atom. The summed E-state index contributed by atoms with van der Waals surface area (Å²) in [5.41, 5.74) is 1.72. The van der Waals surface area contributed by atoms with Crippen LogP contribution in [-0.2, 0) is 9.53 Å². The summed E-state index contributed by atoms with van der Waals surface area (Å²) in [6, 6.07) is 0.148. The molecule has 1 amide bonds. The largest absolute Gasteiger partial charge is 0.393 e. The molecule has 3 atom stereocenters. The van der Waals surface area contributed by atoms with E-state index in [1.807, 2.05) is 11.0 Å². The maximum atomic E-state index is 12.8. The molecule has 23 heavy (non-hydrogen) atoms. The molecule has 130 valence electrons. The fourth-order valence-electron chi connectivity index (χ4n) is 4.28. The molecule has 1 saturated carbocycles. The lowest BCUT2D eigenvalue weighted by Gasteiger charge is -2.37. The van der Waals surface area contributed by atoms with Crippen molar-refractivity contribution in [1.29, 1.82) is 0 Å². The zero-order valence-corrected chi connectivity index (χ0v) is 14.6. The molecule has 3 aliphatic rings. The standard InChI is InChI=1S/C19H31NO3/c1-19(2)8-5-14(6-9-19)12-18(22)20-10-3-4-16(20)15-13-23-11-7-17(15)21/h12,15-17,21H,3-11,13H2,1-2H3/t15-,16+,17-/m0/s1. The van der Waals surface area contributed by atoms with E-state index in [0.717, 1.165) is 32.2 Å². The molecule has 1 aliphatic carbocycles. The zero-order chi connectivity index (χ0) is 16.4. The Hall–Kier alpha value is -0.870. The van der Waals surface area contributed by atoms with E-state index < -0.39 is 0 Å². The first-order valence-electron chi connectivity index (χ1n) is 9.22. The monoisotopic (exact) mass is 321 g/mol. The first-order chi connectivity index (χ1) is 11.0. The quantitative estimate of drug-likeness (QED) is 0.796. The number of likely N-dealkylation sites (tertiary alicyclic amines) is 1. The van der Waals surface area contributed by atoms with Crippen LogP contribution in [0.5, 0.6) is 0 Å². The second-order valence-corrected chi connectivity index (χ2v) is 8.30. The Bertz CT molecular complexity index is 459. The average Bonchev–Trinajstić information content (AvgIpc) is 2.99. The molecule has 3 fully saturated rings. The lowest BCUT2D eigenvalue weighted by Crippen LogP contribution is -2.47. The van der Waals surface area contributed by atoms with E-state index in [9.17, 15) is 9.90 Å². The summed E-state index contributed by atoms with van der Waals surface area (Å²) in [5.74, 6) is 0.235. The molecule has 2 saturated heterocycles. The van der Waals surface area contributed by atoms with E-state index in [1.165, 1.54) is 18.4 Å². The summed E-state index contributed by atoms with van der Waals surface area (Å²) in [7, 11) is 0. The Kier molecular flexibility index (Phi) is 5.12. The van der Waals surface area contributed by atoms with Crippen LogP contribution in [0, 0.1) is 11.3 Å². The van der Waals surface area contributed by atoms with Gasteiger partial charge in [0.25, 0.3) is 0 Å². The van der Waals surface area contributed by atoms with Gasteiger partial charge in [0.05, 0.1) is 12.7 Å². The van der Waals surface area contributed by atoms with Gasteiger partial charge in [-0.2, -0.15) is 0 Å². The predicted molar refractivity (Wildman–Crippen MR) is 90.0 cm³/mol. The van der Waals surface area contributed by atoms with Gasteiger partial charge in [0.2, 0.25) is 5.91 Å². The molecular weight excluding hydrogens is 290 g/mol. The molecule has 2 aliphatic heterocycles. The van der Waals surface area contributed by atoms with Gasteiger partial charge in [0, 0.05) is 31.2 Å². The van der Waals surface area contributed by atoms with Crippen LogP contribution < -0.4 is 0 Å². The fraction of sp³-hybridized carbons (Fsp3) is 0.842. The number of ether oxygens (including phenoxy) is 1. The molecule has 0 aromatic heterocycles. The fourth-order valence-corrected chi connectivity index (χ4v) is 4.28. The van der Waals surface area contributed by atoms with Crippen molar-refractivity contribution in [2.45, 2.75) is 70.9 Å². The number of hydrogen-bond donors (Lipinski definition) is 1. The summed E-state index contributed by atoms with van der Waals surface area (Å²) in [5, 5.41) is 10.3. The number of amides is 1. The van der Waals surface area contributed by atoms with Crippen LogP contribution in [0.25, 0.3) is 0 Å². The molecule has 0 bridgehead atoms. The topological polar surface area (TPSA) is 49.8 Å². The lowest BCUT2D eigenvalue weighted by molar-refractivity contribution is -0.131. The Labute approximate surface area is 139 Å². The summed E-state index contributed by atoms with van der Waals surface area (Å²) in [4.78, 5) is 14.8. The highest BCUT2D eigenvalue weighted by Gasteiger charge is 2.39. The number of aliphatic hydroxyl groups excluding tert-OH is 1. The van der Waals surface area contributed by atoms with Crippen molar-refractivity contribution in [2.24, 2.45) is 11.3 Å². The third-order valence-electron chi connectivity index (χ3n) is 6.01. The number of hydrogen-bond acceptors (Lipinski definition) is 3. The second-order valence-electron chi connectivity index (χ2n) is 8.30. The van der Waals surface area contributed by atoms with E-state index in [4.69, 9.17) is 4.74 Å². The second kappa shape index (κ2) is 6.94. The van der Waals surface area contributed by atoms with E-state index in [-0.39, 0.29) is 24.0 Å². The van der Waals surface area contributed by atoms with Crippen LogP contribution in [0.2, 0.25) is 0 Å². The van der Waals surface area contributed by atoms with Crippen molar-refractivity contribution < 1.29 is 14.6 Å². The molecule has 0 unspecified atom stereocenters. The minimum absolute atomic E-state index is 0.0823. The lowest BCUT2D eigenvalue weighted by atomic mass is 9.75. The average molecular weight is 321 g/mol. The van der Waals surface area contributed by atoms with Crippen LogP contribution >= 0.6 is 0 Å². The molecule has 3 rings (SSSR count). The molecule has 4 nitrogen and oxygen atoms in total. The molecule has 2 heterocycles. The summed E-state index contributed by atoms with van der Waals surface area (Å²) in [6.45, 7) is 6.67. The van der Waals surface area contributed by atoms with Gasteiger partial charge in [0.15, 0.2) is 0 Å². The number of carbonyl (C=O) groups excluding carboxylic acids is 1. The highest BCUT2D eigenvalue weighted by Crippen LogP contribution is 2.38. The van der Waals surface area contributed by atoms with Crippen molar-refractivity contribution >= 4 is 5.91 Å². The SMILES string of the molecule is CC1(C)CCC(=CC(=O)N2CCC[C@@H]2[C@@H]2COCC[C@@H]2O)CC1. The first-order valence-corrected chi connectivity index (χ1v) is 9.22. The Balaban J connectivity index is 1.64. The van der Waals surface area contributed by atoms with Crippen LogP contribution in [0.3, 0.4) is 0 Å². The number of carbonyl (C=O) groups is 1. The van der Waals surface area contributed by atoms with Crippen molar-refractivity contribution in [1.82, 2.24) is 4.90 Å². The van der Waals surface area contributed by atoms with Crippen molar-refractivity contribution in [2.75, 3.05) is 19.8 Å². The summed E-state index contributed by atoms with van der Waals surface area (Å²) in [6.07, 6.45) is 8.73. The third-order valence-corrected chi connectivity index (χ3v) is 6.01. The normalized spacial score (nSPS) is 34.5. The molecule has 0 radical (unpaired) electrons. The zero-order valence-electron chi connectivity index (χ0n) is 14.6.